The molecule has 0 aliphatic heterocycles. The van der Waals surface area contributed by atoms with E-state index in [0.29, 0.717) is 29.5 Å². The van der Waals surface area contributed by atoms with Gasteiger partial charge >= 0.3 is 5.97 Å². The van der Waals surface area contributed by atoms with Gasteiger partial charge in [0.05, 0.1) is 49.6 Å². The summed E-state index contributed by atoms with van der Waals surface area (Å²) in [6.07, 6.45) is 0. The zero-order valence-corrected chi connectivity index (χ0v) is 20.4. The van der Waals surface area contributed by atoms with Gasteiger partial charge in [-0.2, -0.15) is 5.10 Å². The highest BCUT2D eigenvalue weighted by Gasteiger charge is 2.14. The van der Waals surface area contributed by atoms with Crippen molar-refractivity contribution in [3.05, 3.63) is 106 Å². The van der Waals surface area contributed by atoms with E-state index in [1.807, 2.05) is 53.1 Å². The first-order chi connectivity index (χ1) is 18.0. The molecule has 5 rings (SSSR count). The van der Waals surface area contributed by atoms with E-state index < -0.39 is 5.97 Å². The van der Waals surface area contributed by atoms with Crippen molar-refractivity contribution in [1.82, 2.24) is 19.3 Å². The van der Waals surface area contributed by atoms with Crippen LogP contribution in [0.15, 0.2) is 83.7 Å². The highest BCUT2D eigenvalue weighted by Crippen LogP contribution is 2.30. The Labute approximate surface area is 212 Å². The lowest BCUT2D eigenvalue weighted by atomic mass is 10.1. The molecule has 0 unspecified atom stereocenters. The number of anilines is 1. The van der Waals surface area contributed by atoms with Gasteiger partial charge in [0.2, 0.25) is 5.95 Å². The van der Waals surface area contributed by atoms with Crippen LogP contribution in [0.4, 0.5) is 5.95 Å². The topological polar surface area (TPSA) is 114 Å². The van der Waals surface area contributed by atoms with Crippen LogP contribution in [0.3, 0.4) is 0 Å². The SMILES string of the molecule is COC(=O)c1cccc(Cn2nc(-c3cc(Cn4c(N)nc5ccccc54)ccc3OC)ccc2=O)c1. The molecule has 2 heterocycles. The Balaban J connectivity index is 1.50. The first-order valence-corrected chi connectivity index (χ1v) is 11.6. The average molecular weight is 496 g/mol. The number of nitrogen functional groups attached to an aromatic ring is 1. The molecule has 0 fully saturated rings. The van der Waals surface area contributed by atoms with Crippen LogP contribution >= 0.6 is 0 Å². The molecule has 0 aliphatic carbocycles. The molecule has 0 bridgehead atoms. The predicted octanol–water partition coefficient (Wildman–Crippen LogP) is 3.73. The molecule has 0 saturated carbocycles. The Morgan fingerprint density at radius 3 is 2.54 bits per heavy atom. The van der Waals surface area contributed by atoms with E-state index in [-0.39, 0.29) is 12.1 Å². The lowest BCUT2D eigenvalue weighted by molar-refractivity contribution is 0.0600. The molecule has 0 aliphatic rings. The molecule has 5 aromatic rings. The minimum Gasteiger partial charge on any atom is -0.496 e. The van der Waals surface area contributed by atoms with Crippen LogP contribution in [0.25, 0.3) is 22.3 Å². The number of aromatic nitrogens is 4. The first-order valence-electron chi connectivity index (χ1n) is 11.6. The molecule has 0 amide bonds. The highest BCUT2D eigenvalue weighted by molar-refractivity contribution is 5.89. The number of para-hydroxylation sites is 2. The lowest BCUT2D eigenvalue weighted by Crippen LogP contribution is -2.23. The van der Waals surface area contributed by atoms with Gasteiger partial charge in [-0.25, -0.2) is 14.5 Å². The largest absolute Gasteiger partial charge is 0.496 e. The lowest BCUT2D eigenvalue weighted by Gasteiger charge is -2.13. The van der Waals surface area contributed by atoms with E-state index in [9.17, 15) is 9.59 Å². The molecular formula is C28H25N5O4. The molecule has 2 aromatic heterocycles. The van der Waals surface area contributed by atoms with Crippen LogP contribution in [0.2, 0.25) is 0 Å². The van der Waals surface area contributed by atoms with E-state index in [1.54, 1.807) is 31.4 Å². The van der Waals surface area contributed by atoms with Gasteiger partial charge in [0.15, 0.2) is 0 Å². The van der Waals surface area contributed by atoms with Gasteiger partial charge in [0.25, 0.3) is 5.56 Å². The fourth-order valence-electron chi connectivity index (χ4n) is 4.29. The van der Waals surface area contributed by atoms with Gasteiger partial charge in [0.1, 0.15) is 5.75 Å². The van der Waals surface area contributed by atoms with Crippen LogP contribution in [0.5, 0.6) is 5.75 Å². The summed E-state index contributed by atoms with van der Waals surface area (Å²) >= 11 is 0. The van der Waals surface area contributed by atoms with E-state index >= 15 is 0 Å². The van der Waals surface area contributed by atoms with Crippen molar-refractivity contribution in [1.29, 1.82) is 0 Å². The summed E-state index contributed by atoms with van der Waals surface area (Å²) in [5.41, 5.74) is 11.1. The highest BCUT2D eigenvalue weighted by atomic mass is 16.5. The molecule has 9 nitrogen and oxygen atoms in total. The summed E-state index contributed by atoms with van der Waals surface area (Å²) in [6.45, 7) is 0.695. The number of carbonyl (C=O) groups is 1. The van der Waals surface area contributed by atoms with Crippen molar-refractivity contribution in [2.24, 2.45) is 0 Å². The molecule has 186 valence electrons. The Bertz CT molecular complexity index is 1670. The maximum atomic E-state index is 12.6. The van der Waals surface area contributed by atoms with E-state index in [4.69, 9.17) is 15.2 Å². The van der Waals surface area contributed by atoms with Gasteiger partial charge in [0, 0.05) is 11.6 Å². The van der Waals surface area contributed by atoms with Crippen LogP contribution < -0.4 is 16.0 Å². The molecule has 2 N–H and O–H groups in total. The van der Waals surface area contributed by atoms with Crippen molar-refractivity contribution in [2.75, 3.05) is 20.0 Å². The van der Waals surface area contributed by atoms with Crippen molar-refractivity contribution < 1.29 is 14.3 Å². The number of nitrogens with zero attached hydrogens (tertiary/aromatic N) is 4. The number of hydrogen-bond donors (Lipinski definition) is 1. The zero-order valence-electron chi connectivity index (χ0n) is 20.4. The van der Waals surface area contributed by atoms with Crippen LogP contribution in [-0.4, -0.2) is 39.5 Å². The van der Waals surface area contributed by atoms with Gasteiger partial charge < -0.3 is 19.8 Å². The molecule has 3 aromatic carbocycles. The molecule has 37 heavy (non-hydrogen) atoms. The molecular weight excluding hydrogens is 470 g/mol. The van der Waals surface area contributed by atoms with Gasteiger partial charge in [-0.1, -0.05) is 30.3 Å². The van der Waals surface area contributed by atoms with Crippen LogP contribution in [0.1, 0.15) is 21.5 Å². The predicted molar refractivity (Wildman–Crippen MR) is 141 cm³/mol. The van der Waals surface area contributed by atoms with Crippen LogP contribution in [0, 0.1) is 0 Å². The number of benzene rings is 3. The Morgan fingerprint density at radius 2 is 1.73 bits per heavy atom. The second-order valence-corrected chi connectivity index (χ2v) is 8.49. The summed E-state index contributed by atoms with van der Waals surface area (Å²) in [5, 5.41) is 4.61. The first kappa shape index (κ1) is 23.8. The summed E-state index contributed by atoms with van der Waals surface area (Å²) in [6, 6.07) is 23.7. The van der Waals surface area contributed by atoms with Crippen molar-refractivity contribution in [3.8, 4) is 17.0 Å². The number of carbonyl (C=O) groups excluding carboxylic acids is 1. The summed E-state index contributed by atoms with van der Waals surface area (Å²) in [5.74, 6) is 0.612. The molecule has 9 heteroatoms. The molecule has 0 spiro atoms. The normalized spacial score (nSPS) is 11.0. The zero-order chi connectivity index (χ0) is 25.9. The molecule has 0 saturated heterocycles. The maximum absolute atomic E-state index is 12.6. The summed E-state index contributed by atoms with van der Waals surface area (Å²) < 4.78 is 13.7. The number of imidazole rings is 1. The Morgan fingerprint density at radius 1 is 0.919 bits per heavy atom. The fraction of sp³-hybridized carbons (Fsp3) is 0.143. The van der Waals surface area contributed by atoms with Gasteiger partial charge in [-0.05, 0) is 53.6 Å². The van der Waals surface area contributed by atoms with E-state index in [2.05, 4.69) is 10.1 Å². The smallest absolute Gasteiger partial charge is 0.337 e. The van der Waals surface area contributed by atoms with Gasteiger partial charge in [-0.3, -0.25) is 4.79 Å². The van der Waals surface area contributed by atoms with E-state index in [0.717, 1.165) is 27.7 Å². The third-order valence-electron chi connectivity index (χ3n) is 6.11. The second kappa shape index (κ2) is 9.98. The van der Waals surface area contributed by atoms with Crippen LogP contribution in [-0.2, 0) is 17.8 Å². The number of fused-ring (bicyclic) bond motifs is 1. The monoisotopic (exact) mass is 495 g/mol. The number of methoxy groups -OCH3 is 2. The van der Waals surface area contributed by atoms with Crippen molar-refractivity contribution >= 4 is 23.0 Å². The standard InChI is InChI=1S/C28H25N5O4/c1-36-25-12-10-19(16-32-24-9-4-3-8-23(24)30-28(32)29)15-21(25)22-11-13-26(34)33(31-22)17-18-6-5-7-20(14-18)27(35)37-2/h3-15H,16-17H2,1-2H3,(H2,29,30). The third kappa shape index (κ3) is 4.79. The number of esters is 1. The van der Waals surface area contributed by atoms with Crippen molar-refractivity contribution in [2.45, 2.75) is 13.1 Å². The summed E-state index contributed by atoms with van der Waals surface area (Å²) in [4.78, 5) is 29.0. The number of ether oxygens (including phenoxy) is 2. The molecule has 0 radical (unpaired) electrons. The Hall–Kier alpha value is -4.92. The number of rotatable bonds is 7. The third-order valence-corrected chi connectivity index (χ3v) is 6.11. The quantitative estimate of drug-likeness (QED) is 0.342. The van der Waals surface area contributed by atoms with Gasteiger partial charge in [-0.15, -0.1) is 0 Å². The molecule has 0 atom stereocenters. The van der Waals surface area contributed by atoms with Crippen molar-refractivity contribution in [3.63, 3.8) is 0 Å². The fourth-order valence-corrected chi connectivity index (χ4v) is 4.29. The second-order valence-electron chi connectivity index (χ2n) is 8.49. The average Bonchev–Trinajstić information content (AvgIpc) is 3.24. The summed E-state index contributed by atoms with van der Waals surface area (Å²) in [7, 11) is 2.92. The van der Waals surface area contributed by atoms with E-state index in [1.165, 1.54) is 17.9 Å². The minimum atomic E-state index is -0.441. The minimum absolute atomic E-state index is 0.192. The number of nitrogens with two attached hydrogens (primary N) is 1. The maximum Gasteiger partial charge on any atom is 0.337 e. The number of hydrogen-bond acceptors (Lipinski definition) is 7. The Kier molecular flexibility index (Phi) is 6.42.